The number of nitrogens with one attached hydrogen (secondary N) is 1. The molecular formula is C14H15NO3S. The highest BCUT2D eigenvalue weighted by molar-refractivity contribution is 7.10. The second kappa shape index (κ2) is 6.92. The van der Waals surface area contributed by atoms with Gasteiger partial charge in [-0.3, -0.25) is 0 Å². The standard InChI is InChI=1S/C14H15NO3S/c16-12(13-7-4-8-19-13)9-15-14(17)18-10-11-5-2-1-3-6-11/h1-8,12,16H,9-10H2,(H,15,17). The molecule has 0 aliphatic rings. The Kier molecular flexibility index (Phi) is 4.94. The SMILES string of the molecule is O=C(NCC(O)c1cccs1)OCc1ccccc1. The maximum absolute atomic E-state index is 11.4. The van der Waals surface area contributed by atoms with E-state index in [2.05, 4.69) is 5.32 Å². The topological polar surface area (TPSA) is 58.6 Å². The van der Waals surface area contributed by atoms with E-state index in [9.17, 15) is 9.90 Å². The molecule has 2 N–H and O–H groups in total. The van der Waals surface area contributed by atoms with Gasteiger partial charge >= 0.3 is 6.09 Å². The highest BCUT2D eigenvalue weighted by atomic mass is 32.1. The molecule has 2 rings (SSSR count). The Morgan fingerprint density at radius 1 is 1.26 bits per heavy atom. The molecule has 2 aromatic rings. The molecule has 1 atom stereocenters. The summed E-state index contributed by atoms with van der Waals surface area (Å²) >= 11 is 1.45. The summed E-state index contributed by atoms with van der Waals surface area (Å²) in [5.74, 6) is 0. The van der Waals surface area contributed by atoms with E-state index in [1.54, 1.807) is 0 Å². The van der Waals surface area contributed by atoms with Gasteiger partial charge in [-0.2, -0.15) is 0 Å². The maximum Gasteiger partial charge on any atom is 0.407 e. The van der Waals surface area contributed by atoms with Crippen LogP contribution < -0.4 is 5.32 Å². The van der Waals surface area contributed by atoms with Gasteiger partial charge in [0.05, 0.1) is 6.54 Å². The molecular weight excluding hydrogens is 262 g/mol. The lowest BCUT2D eigenvalue weighted by molar-refractivity contribution is 0.126. The van der Waals surface area contributed by atoms with E-state index < -0.39 is 12.2 Å². The third-order valence-corrected chi connectivity index (χ3v) is 3.50. The summed E-state index contributed by atoms with van der Waals surface area (Å²) in [4.78, 5) is 12.3. The van der Waals surface area contributed by atoms with Gasteiger partial charge in [0.15, 0.2) is 0 Å². The lowest BCUT2D eigenvalue weighted by Gasteiger charge is -2.10. The van der Waals surface area contributed by atoms with E-state index in [0.29, 0.717) is 0 Å². The Morgan fingerprint density at radius 2 is 2.05 bits per heavy atom. The van der Waals surface area contributed by atoms with E-state index in [0.717, 1.165) is 10.4 Å². The van der Waals surface area contributed by atoms with Crippen LogP contribution in [0.5, 0.6) is 0 Å². The van der Waals surface area contributed by atoms with E-state index in [1.165, 1.54) is 11.3 Å². The number of alkyl carbamates (subject to hydrolysis) is 1. The zero-order valence-corrected chi connectivity index (χ0v) is 11.1. The van der Waals surface area contributed by atoms with Crippen molar-refractivity contribution in [2.45, 2.75) is 12.7 Å². The first kappa shape index (κ1) is 13.6. The van der Waals surface area contributed by atoms with Crippen LogP contribution in [-0.4, -0.2) is 17.7 Å². The number of hydrogen-bond acceptors (Lipinski definition) is 4. The molecule has 100 valence electrons. The molecule has 1 heterocycles. The van der Waals surface area contributed by atoms with E-state index in [-0.39, 0.29) is 13.2 Å². The monoisotopic (exact) mass is 277 g/mol. The number of thiophene rings is 1. The van der Waals surface area contributed by atoms with Crippen molar-refractivity contribution < 1.29 is 14.6 Å². The lowest BCUT2D eigenvalue weighted by Crippen LogP contribution is -2.28. The Hall–Kier alpha value is -1.85. The molecule has 0 bridgehead atoms. The predicted molar refractivity (Wildman–Crippen MR) is 73.9 cm³/mol. The van der Waals surface area contributed by atoms with Gasteiger partial charge in [-0.25, -0.2) is 4.79 Å². The van der Waals surface area contributed by atoms with Crippen LogP contribution in [0.4, 0.5) is 4.79 Å². The smallest absolute Gasteiger partial charge is 0.407 e. The fourth-order valence-electron chi connectivity index (χ4n) is 1.54. The third-order valence-electron chi connectivity index (χ3n) is 2.52. The van der Waals surface area contributed by atoms with E-state index in [1.807, 2.05) is 47.8 Å². The molecule has 0 saturated carbocycles. The number of aliphatic hydroxyl groups is 1. The van der Waals surface area contributed by atoms with Crippen molar-refractivity contribution in [3.63, 3.8) is 0 Å². The number of hydrogen-bond donors (Lipinski definition) is 2. The van der Waals surface area contributed by atoms with Crippen molar-refractivity contribution in [2.24, 2.45) is 0 Å². The van der Waals surface area contributed by atoms with E-state index >= 15 is 0 Å². The quantitative estimate of drug-likeness (QED) is 0.883. The van der Waals surface area contributed by atoms with Crippen molar-refractivity contribution in [1.82, 2.24) is 5.32 Å². The first-order valence-corrected chi connectivity index (χ1v) is 6.79. The molecule has 0 aliphatic heterocycles. The first-order chi connectivity index (χ1) is 9.25. The minimum atomic E-state index is -0.690. The molecule has 1 unspecified atom stereocenters. The largest absolute Gasteiger partial charge is 0.445 e. The van der Waals surface area contributed by atoms with Gasteiger partial charge in [0.2, 0.25) is 0 Å². The van der Waals surface area contributed by atoms with Gasteiger partial charge in [0.1, 0.15) is 12.7 Å². The van der Waals surface area contributed by atoms with Gasteiger partial charge in [0, 0.05) is 4.88 Å². The molecule has 1 aromatic heterocycles. The summed E-state index contributed by atoms with van der Waals surface area (Å²) in [6.45, 7) is 0.371. The average molecular weight is 277 g/mol. The minimum absolute atomic E-state index is 0.147. The van der Waals surface area contributed by atoms with Crippen LogP contribution in [0.2, 0.25) is 0 Å². The van der Waals surface area contributed by atoms with Crippen molar-refractivity contribution in [3.8, 4) is 0 Å². The molecule has 1 amide bonds. The Bertz CT molecular complexity index is 499. The number of rotatable bonds is 5. The molecule has 0 fully saturated rings. The summed E-state index contributed by atoms with van der Waals surface area (Å²) in [6.07, 6.45) is -1.22. The van der Waals surface area contributed by atoms with Crippen molar-refractivity contribution >= 4 is 17.4 Å². The van der Waals surface area contributed by atoms with Crippen molar-refractivity contribution in [1.29, 1.82) is 0 Å². The number of amides is 1. The Morgan fingerprint density at radius 3 is 2.74 bits per heavy atom. The van der Waals surface area contributed by atoms with Crippen LogP contribution in [0.3, 0.4) is 0 Å². The van der Waals surface area contributed by atoms with Gasteiger partial charge in [0.25, 0.3) is 0 Å². The number of ether oxygens (including phenoxy) is 1. The van der Waals surface area contributed by atoms with E-state index in [4.69, 9.17) is 4.74 Å². The summed E-state index contributed by atoms with van der Waals surface area (Å²) < 4.78 is 5.04. The molecule has 5 heteroatoms. The van der Waals surface area contributed by atoms with Gasteiger partial charge in [-0.1, -0.05) is 36.4 Å². The van der Waals surface area contributed by atoms with Crippen molar-refractivity contribution in [3.05, 3.63) is 58.3 Å². The highest BCUT2D eigenvalue weighted by Gasteiger charge is 2.10. The average Bonchev–Trinajstić information content (AvgIpc) is 2.98. The van der Waals surface area contributed by atoms with Gasteiger partial charge in [-0.05, 0) is 17.0 Å². The molecule has 4 nitrogen and oxygen atoms in total. The second-order valence-corrected chi connectivity index (χ2v) is 4.95. The van der Waals surface area contributed by atoms with Crippen LogP contribution in [0.25, 0.3) is 0 Å². The fourth-order valence-corrected chi connectivity index (χ4v) is 2.25. The number of benzene rings is 1. The summed E-state index contributed by atoms with van der Waals surface area (Å²) in [6, 6.07) is 13.1. The van der Waals surface area contributed by atoms with Gasteiger partial charge in [-0.15, -0.1) is 11.3 Å². The zero-order chi connectivity index (χ0) is 13.5. The van der Waals surface area contributed by atoms with Gasteiger partial charge < -0.3 is 15.2 Å². The zero-order valence-electron chi connectivity index (χ0n) is 10.3. The first-order valence-electron chi connectivity index (χ1n) is 5.92. The lowest BCUT2D eigenvalue weighted by atomic mass is 10.2. The fraction of sp³-hybridized carbons (Fsp3) is 0.214. The normalized spacial score (nSPS) is 11.8. The molecule has 0 aliphatic carbocycles. The Labute approximate surface area is 115 Å². The summed E-state index contributed by atoms with van der Waals surface area (Å²) in [5, 5.41) is 14.2. The maximum atomic E-state index is 11.4. The highest BCUT2D eigenvalue weighted by Crippen LogP contribution is 2.17. The number of carbonyl (C=O) groups excluding carboxylic acids is 1. The minimum Gasteiger partial charge on any atom is -0.445 e. The molecule has 19 heavy (non-hydrogen) atoms. The van der Waals surface area contributed by atoms with Crippen LogP contribution in [0, 0.1) is 0 Å². The second-order valence-electron chi connectivity index (χ2n) is 3.97. The number of carbonyl (C=O) groups is 1. The Balaban J connectivity index is 1.70. The van der Waals surface area contributed by atoms with Crippen LogP contribution >= 0.6 is 11.3 Å². The van der Waals surface area contributed by atoms with Crippen LogP contribution in [-0.2, 0) is 11.3 Å². The third kappa shape index (κ3) is 4.39. The number of aliphatic hydroxyl groups excluding tert-OH is 1. The molecule has 0 radical (unpaired) electrons. The van der Waals surface area contributed by atoms with Crippen molar-refractivity contribution in [2.75, 3.05) is 6.54 Å². The molecule has 0 saturated heterocycles. The van der Waals surface area contributed by atoms with Crippen LogP contribution in [0.1, 0.15) is 16.5 Å². The summed E-state index contributed by atoms with van der Waals surface area (Å²) in [7, 11) is 0. The summed E-state index contributed by atoms with van der Waals surface area (Å²) in [5.41, 5.74) is 0.927. The predicted octanol–water partition coefficient (Wildman–Crippen LogP) is 2.71. The van der Waals surface area contributed by atoms with Crippen LogP contribution in [0.15, 0.2) is 47.8 Å². The molecule has 1 aromatic carbocycles. The molecule has 0 spiro atoms.